The first-order valence-electron chi connectivity index (χ1n) is 16.7. The Labute approximate surface area is 250 Å². The summed E-state index contributed by atoms with van der Waals surface area (Å²) in [7, 11) is 0. The predicted molar refractivity (Wildman–Crippen MR) is 165 cm³/mol. The zero-order valence-electron chi connectivity index (χ0n) is 24.9. The van der Waals surface area contributed by atoms with Crippen molar-refractivity contribution < 1.29 is 10.3 Å². The van der Waals surface area contributed by atoms with Crippen LogP contribution in [-0.2, 0) is 0 Å². The van der Waals surface area contributed by atoms with Gasteiger partial charge in [0.2, 0.25) is 0 Å². The van der Waals surface area contributed by atoms with E-state index in [0.29, 0.717) is 19.0 Å². The second-order valence-electron chi connectivity index (χ2n) is 14.0. The van der Waals surface area contributed by atoms with E-state index in [-0.39, 0.29) is 17.4 Å². The minimum Gasteiger partial charge on any atom is -0.384 e. The number of para-hydroxylation sites is 1. The quantitative estimate of drug-likeness (QED) is 0.492. The van der Waals surface area contributed by atoms with E-state index in [4.69, 9.17) is 4.99 Å². The van der Waals surface area contributed by atoms with Gasteiger partial charge in [-0.3, -0.25) is 15.2 Å². The Kier molecular flexibility index (Phi) is 6.82. The van der Waals surface area contributed by atoms with Crippen LogP contribution in [-0.4, -0.2) is 75.6 Å². The number of benzene rings is 1. The van der Waals surface area contributed by atoms with Crippen molar-refractivity contribution in [2.45, 2.75) is 88.3 Å². The molecule has 7 aliphatic rings. The van der Waals surface area contributed by atoms with Crippen molar-refractivity contribution in [1.82, 2.24) is 14.9 Å². The lowest BCUT2D eigenvalue weighted by Gasteiger charge is -2.58. The second-order valence-corrected chi connectivity index (χ2v) is 14.0. The molecule has 3 bridgehead atoms. The van der Waals surface area contributed by atoms with Crippen molar-refractivity contribution in [2.75, 3.05) is 32.7 Å². The number of fused-ring (bicyclic) bond motifs is 4. The maximum absolute atomic E-state index is 13.1. The van der Waals surface area contributed by atoms with Gasteiger partial charge in [-0.1, -0.05) is 42.5 Å². The third-order valence-electron chi connectivity index (χ3n) is 11.5. The zero-order chi connectivity index (χ0) is 28.3. The van der Waals surface area contributed by atoms with Crippen LogP contribution in [0.1, 0.15) is 70.6 Å². The van der Waals surface area contributed by atoms with E-state index in [0.717, 1.165) is 87.0 Å². The molecule has 0 aromatic heterocycles. The first-order valence-corrected chi connectivity index (χ1v) is 16.7. The Hall–Kier alpha value is -2.51. The average molecular weight is 567 g/mol. The molecule has 1 aromatic carbocycles. The van der Waals surface area contributed by atoms with Gasteiger partial charge in [-0.2, -0.15) is 0 Å². The molecule has 6 nitrogen and oxygen atoms in total. The van der Waals surface area contributed by atoms with Gasteiger partial charge in [0.25, 0.3) is 0 Å². The van der Waals surface area contributed by atoms with Gasteiger partial charge in [0, 0.05) is 29.8 Å². The number of nitrogens with zero attached hydrogens (tertiary/aromatic N) is 4. The van der Waals surface area contributed by atoms with Crippen molar-refractivity contribution in [3.63, 3.8) is 0 Å². The molecule has 222 valence electrons. The van der Waals surface area contributed by atoms with Gasteiger partial charge in [-0.25, -0.2) is 4.99 Å². The van der Waals surface area contributed by atoms with E-state index < -0.39 is 5.60 Å². The summed E-state index contributed by atoms with van der Waals surface area (Å²) in [6.45, 7) is 4.85. The molecular formula is C36H46N4O2. The normalized spacial score (nSPS) is 39.0. The first kappa shape index (κ1) is 27.1. The Bertz CT molecular complexity index is 1490. The summed E-state index contributed by atoms with van der Waals surface area (Å²) in [4.78, 5) is 10.6. The number of hydrogen-bond donors (Lipinski definition) is 2. The molecule has 6 aliphatic heterocycles. The highest BCUT2D eigenvalue weighted by Gasteiger charge is 2.66. The molecule has 0 saturated carbocycles. The minimum absolute atomic E-state index is 0.0750. The summed E-state index contributed by atoms with van der Waals surface area (Å²) in [5, 5.41) is 28.4. The SMILES string of the molecule is ON1CCC2=c3ccccc3=NC2=C1C1=C[C@@]2(O)CC/C=C\CCCCN3CC[C@@H]1[C@]1(C[C@@H]4C=CCCCCN4[C@H]12)C3. The highest BCUT2D eigenvalue weighted by molar-refractivity contribution is 5.71. The van der Waals surface area contributed by atoms with E-state index >= 15 is 0 Å². The van der Waals surface area contributed by atoms with Gasteiger partial charge in [0.15, 0.2) is 0 Å². The minimum atomic E-state index is -0.980. The van der Waals surface area contributed by atoms with Gasteiger partial charge in [-0.05, 0) is 119 Å². The molecule has 1 spiro atoms. The lowest BCUT2D eigenvalue weighted by atomic mass is 9.54. The summed E-state index contributed by atoms with van der Waals surface area (Å²) in [6.07, 6.45) is 23.4. The molecule has 0 amide bonds. The smallest absolute Gasteiger partial charge is 0.0998 e. The summed E-state index contributed by atoms with van der Waals surface area (Å²) in [5.74, 6) is 0.275. The molecular weight excluding hydrogens is 520 g/mol. The third-order valence-corrected chi connectivity index (χ3v) is 11.5. The van der Waals surface area contributed by atoms with Crippen molar-refractivity contribution in [3.8, 4) is 0 Å². The molecule has 1 aliphatic carbocycles. The van der Waals surface area contributed by atoms with Crippen LogP contribution in [0, 0.1) is 11.3 Å². The van der Waals surface area contributed by atoms with Gasteiger partial charge < -0.3 is 10.0 Å². The number of hydrogen-bond acceptors (Lipinski definition) is 6. The Morgan fingerprint density at radius 1 is 0.905 bits per heavy atom. The molecule has 8 rings (SSSR count). The zero-order valence-corrected chi connectivity index (χ0v) is 24.9. The van der Waals surface area contributed by atoms with Crippen LogP contribution in [0.4, 0.5) is 0 Å². The van der Waals surface area contributed by atoms with Gasteiger partial charge in [0.1, 0.15) is 0 Å². The van der Waals surface area contributed by atoms with Crippen LogP contribution in [0.3, 0.4) is 0 Å². The van der Waals surface area contributed by atoms with Gasteiger partial charge in [-0.15, -0.1) is 0 Å². The molecule has 2 N–H and O–H groups in total. The third kappa shape index (κ3) is 4.24. The number of allylic oxidation sites excluding steroid dienone is 5. The summed E-state index contributed by atoms with van der Waals surface area (Å²) in [5.41, 5.74) is 3.13. The molecule has 1 unspecified atom stereocenters. The van der Waals surface area contributed by atoms with Crippen LogP contribution in [0.2, 0.25) is 0 Å². The molecule has 0 radical (unpaired) electrons. The van der Waals surface area contributed by atoms with Crippen LogP contribution in [0.25, 0.3) is 5.57 Å². The number of hydroxylamine groups is 2. The maximum Gasteiger partial charge on any atom is 0.0998 e. The van der Waals surface area contributed by atoms with E-state index in [1.807, 2.05) is 0 Å². The van der Waals surface area contributed by atoms with E-state index in [1.54, 1.807) is 0 Å². The largest absolute Gasteiger partial charge is 0.384 e. The first-order chi connectivity index (χ1) is 20.6. The van der Waals surface area contributed by atoms with Crippen molar-refractivity contribution in [1.29, 1.82) is 0 Å². The van der Waals surface area contributed by atoms with Crippen molar-refractivity contribution >= 4 is 5.57 Å². The Morgan fingerprint density at radius 2 is 1.74 bits per heavy atom. The fraction of sp³-hybridized carbons (Fsp3) is 0.583. The molecule has 6 atom stereocenters. The fourth-order valence-corrected chi connectivity index (χ4v) is 9.92. The molecule has 2 fully saturated rings. The lowest BCUT2D eigenvalue weighted by molar-refractivity contribution is -0.102. The molecule has 42 heavy (non-hydrogen) atoms. The molecule has 6 heterocycles. The van der Waals surface area contributed by atoms with E-state index in [2.05, 4.69) is 64.4 Å². The highest BCUT2D eigenvalue weighted by atomic mass is 16.5. The van der Waals surface area contributed by atoms with Gasteiger partial charge in [0.05, 0.1) is 28.4 Å². The summed E-state index contributed by atoms with van der Waals surface area (Å²) >= 11 is 0. The number of aliphatic hydroxyl groups is 1. The van der Waals surface area contributed by atoms with Gasteiger partial charge >= 0.3 is 0 Å². The van der Waals surface area contributed by atoms with E-state index in [1.165, 1.54) is 41.5 Å². The molecule has 2 saturated heterocycles. The second kappa shape index (κ2) is 10.6. The maximum atomic E-state index is 13.1. The predicted octanol–water partition coefficient (Wildman–Crippen LogP) is 4.46. The van der Waals surface area contributed by atoms with E-state index in [9.17, 15) is 10.3 Å². The van der Waals surface area contributed by atoms with Crippen LogP contribution in [0.15, 0.2) is 76.6 Å². The van der Waals surface area contributed by atoms with Crippen LogP contribution < -0.4 is 10.6 Å². The Morgan fingerprint density at radius 3 is 2.67 bits per heavy atom. The fourth-order valence-electron chi connectivity index (χ4n) is 9.92. The van der Waals surface area contributed by atoms with Crippen LogP contribution >= 0.6 is 0 Å². The molecule has 6 heteroatoms. The summed E-state index contributed by atoms with van der Waals surface area (Å²) in [6, 6.07) is 8.85. The monoisotopic (exact) mass is 566 g/mol. The average Bonchev–Trinajstić information content (AvgIpc) is 3.49. The van der Waals surface area contributed by atoms with Crippen molar-refractivity contribution in [2.24, 2.45) is 16.3 Å². The van der Waals surface area contributed by atoms with Crippen molar-refractivity contribution in [3.05, 3.63) is 82.2 Å². The summed E-state index contributed by atoms with van der Waals surface area (Å²) < 4.78 is 0. The lowest BCUT2D eigenvalue weighted by Crippen LogP contribution is -2.66. The number of rotatable bonds is 1. The topological polar surface area (TPSA) is 62.5 Å². The highest BCUT2D eigenvalue weighted by Crippen LogP contribution is 2.61. The van der Waals surface area contributed by atoms with Crippen LogP contribution in [0.5, 0.6) is 0 Å². The Balaban J connectivity index is 1.34. The number of piperidine rings is 1. The molecule has 1 aromatic rings. The standard InChI is InChI=1S/C36H46N4O2/c41-36-18-10-4-1-2-5-11-19-38-21-17-30(35(25-38)23-26-13-7-3-6-12-20-39(26)34(35)36)29(24-36)33-32-28(16-22-40(33)42)27-14-8-9-15-31(27)37-32/h1,4,7-9,13-15,24,26,30,34,41-42H,2-3,5-6,10-12,16-23,25H2/b4-1-,13-7?/t26-,30-,34+,35-,36-/m0/s1.